The van der Waals surface area contributed by atoms with E-state index >= 15 is 0 Å². The SMILES string of the molecule is CC(C)C1CCN(CC(O)COCc2ccccc2)CC1. The number of benzene rings is 1. The largest absolute Gasteiger partial charge is 0.389 e. The zero-order valence-electron chi connectivity index (χ0n) is 13.4. The van der Waals surface area contributed by atoms with Crippen LogP contribution in [0.2, 0.25) is 0 Å². The van der Waals surface area contributed by atoms with E-state index < -0.39 is 0 Å². The lowest BCUT2D eigenvalue weighted by molar-refractivity contribution is 0.00311. The molecule has 0 aliphatic carbocycles. The highest BCUT2D eigenvalue weighted by molar-refractivity contribution is 5.13. The number of ether oxygens (including phenoxy) is 1. The Morgan fingerprint density at radius 3 is 2.48 bits per heavy atom. The quantitative estimate of drug-likeness (QED) is 0.838. The second kappa shape index (κ2) is 8.52. The van der Waals surface area contributed by atoms with E-state index in [0.717, 1.165) is 37.0 Å². The Morgan fingerprint density at radius 1 is 1.19 bits per heavy atom. The summed E-state index contributed by atoms with van der Waals surface area (Å²) in [6.45, 7) is 8.57. The maximum absolute atomic E-state index is 10.1. The number of hydrogen-bond donors (Lipinski definition) is 1. The summed E-state index contributed by atoms with van der Waals surface area (Å²) >= 11 is 0. The molecule has 0 aromatic heterocycles. The number of hydrogen-bond acceptors (Lipinski definition) is 3. The molecule has 3 nitrogen and oxygen atoms in total. The third-order valence-electron chi connectivity index (χ3n) is 4.47. The van der Waals surface area contributed by atoms with Gasteiger partial charge in [0.05, 0.1) is 19.3 Å². The Balaban J connectivity index is 1.61. The van der Waals surface area contributed by atoms with Crippen molar-refractivity contribution in [1.29, 1.82) is 0 Å². The molecule has 2 rings (SSSR count). The van der Waals surface area contributed by atoms with E-state index in [1.54, 1.807) is 0 Å². The second-order valence-electron chi connectivity index (χ2n) is 6.54. The lowest BCUT2D eigenvalue weighted by Crippen LogP contribution is -2.41. The molecule has 1 aromatic carbocycles. The van der Waals surface area contributed by atoms with Crippen LogP contribution >= 0.6 is 0 Å². The van der Waals surface area contributed by atoms with Crippen LogP contribution in [0.4, 0.5) is 0 Å². The number of rotatable bonds is 7. The molecule has 0 amide bonds. The van der Waals surface area contributed by atoms with Gasteiger partial charge < -0.3 is 14.7 Å². The normalized spacial score (nSPS) is 19.0. The van der Waals surface area contributed by atoms with Crippen molar-refractivity contribution < 1.29 is 9.84 Å². The second-order valence-corrected chi connectivity index (χ2v) is 6.54. The lowest BCUT2D eigenvalue weighted by atomic mass is 9.87. The van der Waals surface area contributed by atoms with Crippen LogP contribution in [0.25, 0.3) is 0 Å². The summed E-state index contributed by atoms with van der Waals surface area (Å²) in [5.41, 5.74) is 1.16. The summed E-state index contributed by atoms with van der Waals surface area (Å²) in [6.07, 6.45) is 2.13. The van der Waals surface area contributed by atoms with Crippen molar-refractivity contribution in [2.75, 3.05) is 26.2 Å². The highest BCUT2D eigenvalue weighted by Gasteiger charge is 2.22. The number of piperidine rings is 1. The minimum absolute atomic E-state index is 0.385. The van der Waals surface area contributed by atoms with Crippen molar-refractivity contribution in [3.05, 3.63) is 35.9 Å². The summed E-state index contributed by atoms with van der Waals surface area (Å²) in [5.74, 6) is 1.64. The predicted octanol–water partition coefficient (Wildman–Crippen LogP) is 2.93. The van der Waals surface area contributed by atoms with Crippen molar-refractivity contribution >= 4 is 0 Å². The average Bonchev–Trinajstić information content (AvgIpc) is 2.49. The summed E-state index contributed by atoms with van der Waals surface area (Å²) in [6, 6.07) is 10.1. The third kappa shape index (κ3) is 5.77. The van der Waals surface area contributed by atoms with Crippen molar-refractivity contribution in [1.82, 2.24) is 4.90 Å². The molecular weight excluding hydrogens is 262 g/mol. The van der Waals surface area contributed by atoms with E-state index in [-0.39, 0.29) is 6.10 Å². The molecule has 0 radical (unpaired) electrons. The molecule has 1 N–H and O–H groups in total. The first-order chi connectivity index (χ1) is 10.1. The molecule has 1 aliphatic rings. The molecule has 1 aromatic rings. The molecule has 1 unspecified atom stereocenters. The predicted molar refractivity (Wildman–Crippen MR) is 86.1 cm³/mol. The van der Waals surface area contributed by atoms with Crippen molar-refractivity contribution in [2.45, 2.75) is 39.4 Å². The van der Waals surface area contributed by atoms with Gasteiger partial charge in [0.25, 0.3) is 0 Å². The van der Waals surface area contributed by atoms with Gasteiger partial charge in [-0.3, -0.25) is 0 Å². The van der Waals surface area contributed by atoms with E-state index in [2.05, 4.69) is 18.7 Å². The highest BCUT2D eigenvalue weighted by atomic mass is 16.5. The van der Waals surface area contributed by atoms with Crippen molar-refractivity contribution in [2.24, 2.45) is 11.8 Å². The van der Waals surface area contributed by atoms with E-state index in [0.29, 0.717) is 13.2 Å². The molecule has 1 aliphatic heterocycles. The molecule has 1 fully saturated rings. The monoisotopic (exact) mass is 291 g/mol. The molecule has 0 bridgehead atoms. The van der Waals surface area contributed by atoms with Crippen LogP contribution < -0.4 is 0 Å². The first-order valence-corrected chi connectivity index (χ1v) is 8.17. The molecule has 3 heteroatoms. The highest BCUT2D eigenvalue weighted by Crippen LogP contribution is 2.24. The van der Waals surface area contributed by atoms with Crippen molar-refractivity contribution in [3.8, 4) is 0 Å². The maximum Gasteiger partial charge on any atom is 0.0900 e. The molecule has 0 spiro atoms. The number of nitrogens with zero attached hydrogens (tertiary/aromatic N) is 1. The number of aliphatic hydroxyl groups excluding tert-OH is 1. The van der Waals surface area contributed by atoms with Gasteiger partial charge in [0.2, 0.25) is 0 Å². The van der Waals surface area contributed by atoms with Gasteiger partial charge in [0, 0.05) is 6.54 Å². The fourth-order valence-corrected chi connectivity index (χ4v) is 3.04. The van der Waals surface area contributed by atoms with Gasteiger partial charge in [-0.15, -0.1) is 0 Å². The van der Waals surface area contributed by atoms with Crippen LogP contribution in [0.5, 0.6) is 0 Å². The third-order valence-corrected chi connectivity index (χ3v) is 4.47. The molecule has 1 atom stereocenters. The first kappa shape index (κ1) is 16.5. The van der Waals surface area contributed by atoms with E-state index in [1.807, 2.05) is 30.3 Å². The molecule has 118 valence electrons. The number of β-amino-alcohol motifs (C(OH)–C–C–N with tert-alkyl or cyclic N) is 1. The Hall–Kier alpha value is -0.900. The first-order valence-electron chi connectivity index (χ1n) is 8.17. The zero-order valence-corrected chi connectivity index (χ0v) is 13.4. The minimum Gasteiger partial charge on any atom is -0.389 e. The fourth-order valence-electron chi connectivity index (χ4n) is 3.04. The molecule has 0 saturated carbocycles. The van der Waals surface area contributed by atoms with Crippen LogP contribution in [0, 0.1) is 11.8 Å². The summed E-state index contributed by atoms with van der Waals surface area (Å²) in [7, 11) is 0. The van der Waals surface area contributed by atoms with E-state index in [4.69, 9.17) is 4.74 Å². The lowest BCUT2D eigenvalue weighted by Gasteiger charge is -2.34. The smallest absolute Gasteiger partial charge is 0.0900 e. The molecule has 21 heavy (non-hydrogen) atoms. The Morgan fingerprint density at radius 2 is 1.86 bits per heavy atom. The molecular formula is C18H29NO2. The average molecular weight is 291 g/mol. The van der Waals surface area contributed by atoms with Gasteiger partial charge >= 0.3 is 0 Å². The Kier molecular flexibility index (Phi) is 6.68. The summed E-state index contributed by atoms with van der Waals surface area (Å²) in [4.78, 5) is 2.37. The van der Waals surface area contributed by atoms with Crippen LogP contribution in [-0.4, -0.2) is 42.4 Å². The Bertz CT molecular complexity index is 385. The van der Waals surface area contributed by atoms with E-state index in [9.17, 15) is 5.11 Å². The van der Waals surface area contributed by atoms with Gasteiger partial charge in [-0.05, 0) is 43.3 Å². The molecule has 1 heterocycles. The van der Waals surface area contributed by atoms with Gasteiger partial charge in [-0.1, -0.05) is 44.2 Å². The standard InChI is InChI=1S/C18H29NO2/c1-15(2)17-8-10-19(11-9-17)12-18(20)14-21-13-16-6-4-3-5-7-16/h3-7,15,17-18,20H,8-14H2,1-2H3. The van der Waals surface area contributed by atoms with Gasteiger partial charge in [-0.2, -0.15) is 0 Å². The zero-order chi connectivity index (χ0) is 15.1. The van der Waals surface area contributed by atoms with Crippen LogP contribution in [0.1, 0.15) is 32.3 Å². The van der Waals surface area contributed by atoms with Gasteiger partial charge in [-0.25, -0.2) is 0 Å². The van der Waals surface area contributed by atoms with E-state index in [1.165, 1.54) is 12.8 Å². The maximum atomic E-state index is 10.1. The molecule has 1 saturated heterocycles. The fraction of sp³-hybridized carbons (Fsp3) is 0.667. The minimum atomic E-state index is -0.385. The van der Waals surface area contributed by atoms with Gasteiger partial charge in [0.1, 0.15) is 0 Å². The van der Waals surface area contributed by atoms with Crippen LogP contribution in [-0.2, 0) is 11.3 Å². The number of aliphatic hydroxyl groups is 1. The van der Waals surface area contributed by atoms with Crippen LogP contribution in [0.3, 0.4) is 0 Å². The topological polar surface area (TPSA) is 32.7 Å². The number of likely N-dealkylation sites (tertiary alicyclic amines) is 1. The van der Waals surface area contributed by atoms with Crippen molar-refractivity contribution in [3.63, 3.8) is 0 Å². The Labute approximate surface area is 128 Å². The van der Waals surface area contributed by atoms with Gasteiger partial charge in [0.15, 0.2) is 0 Å². The summed E-state index contributed by atoms with van der Waals surface area (Å²) in [5, 5.41) is 10.1. The van der Waals surface area contributed by atoms with Crippen LogP contribution in [0.15, 0.2) is 30.3 Å². The summed E-state index contributed by atoms with van der Waals surface area (Å²) < 4.78 is 5.61.